The fourth-order valence-corrected chi connectivity index (χ4v) is 2.70. The molecule has 0 radical (unpaired) electrons. The molecular formula is C11H23NS. The Morgan fingerprint density at radius 3 is 2.62 bits per heavy atom. The van der Waals surface area contributed by atoms with Gasteiger partial charge in [0.1, 0.15) is 0 Å². The summed E-state index contributed by atoms with van der Waals surface area (Å²) in [6, 6.07) is 0.832. The molecule has 1 atom stereocenters. The molecule has 78 valence electrons. The fourth-order valence-electron chi connectivity index (χ4n) is 2.02. The minimum Gasteiger partial charge on any atom is -0.314 e. The van der Waals surface area contributed by atoms with Crippen molar-refractivity contribution in [2.24, 2.45) is 5.92 Å². The molecule has 1 unspecified atom stereocenters. The first-order valence-corrected chi connectivity index (χ1v) is 6.94. The van der Waals surface area contributed by atoms with Crippen molar-refractivity contribution in [2.75, 3.05) is 18.6 Å². The Balaban J connectivity index is 2.03. The van der Waals surface area contributed by atoms with Gasteiger partial charge in [-0.05, 0) is 37.3 Å². The Bertz CT molecular complexity index is 121. The Morgan fingerprint density at radius 2 is 2.00 bits per heavy atom. The molecule has 1 aliphatic rings. The maximum Gasteiger partial charge on any atom is 0.00671 e. The molecule has 1 aliphatic carbocycles. The van der Waals surface area contributed by atoms with Gasteiger partial charge in [0.2, 0.25) is 0 Å². The third-order valence-electron chi connectivity index (χ3n) is 2.81. The highest BCUT2D eigenvalue weighted by Crippen LogP contribution is 2.17. The van der Waals surface area contributed by atoms with E-state index in [0.717, 1.165) is 12.0 Å². The van der Waals surface area contributed by atoms with Crippen molar-refractivity contribution in [3.63, 3.8) is 0 Å². The van der Waals surface area contributed by atoms with Gasteiger partial charge in [-0.1, -0.05) is 26.2 Å². The lowest BCUT2D eigenvalue weighted by Gasteiger charge is -2.24. The average molecular weight is 201 g/mol. The topological polar surface area (TPSA) is 12.0 Å². The predicted molar refractivity (Wildman–Crippen MR) is 62.4 cm³/mol. The first-order chi connectivity index (χ1) is 6.33. The van der Waals surface area contributed by atoms with Gasteiger partial charge >= 0.3 is 0 Å². The molecule has 2 heteroatoms. The third-order valence-corrected chi connectivity index (χ3v) is 3.71. The standard InChI is InChI=1S/C11H23NS/c1-10(9-13-2)8-12-11-6-4-3-5-7-11/h10-12H,3-9H2,1-2H3. The molecule has 1 saturated carbocycles. The SMILES string of the molecule is CSCC(C)CNC1CCCCC1. The van der Waals surface area contributed by atoms with E-state index >= 15 is 0 Å². The molecule has 1 fully saturated rings. The molecule has 13 heavy (non-hydrogen) atoms. The molecular weight excluding hydrogens is 178 g/mol. The largest absolute Gasteiger partial charge is 0.314 e. The van der Waals surface area contributed by atoms with Gasteiger partial charge in [0.15, 0.2) is 0 Å². The number of rotatable bonds is 5. The lowest BCUT2D eigenvalue weighted by atomic mass is 9.95. The molecule has 0 aromatic heterocycles. The van der Waals surface area contributed by atoms with E-state index in [1.54, 1.807) is 0 Å². The lowest BCUT2D eigenvalue weighted by Crippen LogP contribution is -2.34. The van der Waals surface area contributed by atoms with Gasteiger partial charge in [-0.15, -0.1) is 0 Å². The minimum absolute atomic E-state index is 0.830. The Kier molecular flexibility index (Phi) is 5.88. The van der Waals surface area contributed by atoms with Gasteiger partial charge in [0.05, 0.1) is 0 Å². The van der Waals surface area contributed by atoms with Crippen LogP contribution < -0.4 is 5.32 Å². The molecule has 0 aromatic carbocycles. The Labute approximate surface area is 87.1 Å². The lowest BCUT2D eigenvalue weighted by molar-refractivity contribution is 0.359. The summed E-state index contributed by atoms with van der Waals surface area (Å²) in [6.45, 7) is 3.55. The van der Waals surface area contributed by atoms with Crippen LogP contribution in [0.3, 0.4) is 0 Å². The van der Waals surface area contributed by atoms with Gasteiger partial charge in [-0.3, -0.25) is 0 Å². The summed E-state index contributed by atoms with van der Waals surface area (Å²) in [5, 5.41) is 3.69. The van der Waals surface area contributed by atoms with E-state index in [9.17, 15) is 0 Å². The predicted octanol–water partition coefficient (Wildman–Crippen LogP) is 2.91. The summed E-state index contributed by atoms with van der Waals surface area (Å²) in [4.78, 5) is 0. The molecule has 0 saturated heterocycles. The zero-order chi connectivity index (χ0) is 9.52. The minimum atomic E-state index is 0.830. The Morgan fingerprint density at radius 1 is 1.31 bits per heavy atom. The second-order valence-corrected chi connectivity index (χ2v) is 5.21. The third kappa shape index (κ3) is 4.92. The summed E-state index contributed by atoms with van der Waals surface area (Å²) in [5.74, 6) is 2.12. The molecule has 0 aromatic rings. The average Bonchev–Trinajstić information content (AvgIpc) is 2.17. The highest BCUT2D eigenvalue weighted by atomic mass is 32.2. The quantitative estimate of drug-likeness (QED) is 0.734. The van der Waals surface area contributed by atoms with Crippen molar-refractivity contribution in [3.05, 3.63) is 0 Å². The van der Waals surface area contributed by atoms with Crippen LogP contribution in [0.4, 0.5) is 0 Å². The fraction of sp³-hybridized carbons (Fsp3) is 1.00. The summed E-state index contributed by atoms with van der Waals surface area (Å²) >= 11 is 1.96. The van der Waals surface area contributed by atoms with Gasteiger partial charge in [-0.2, -0.15) is 11.8 Å². The van der Waals surface area contributed by atoms with E-state index in [0.29, 0.717) is 0 Å². The number of thioether (sulfide) groups is 1. The maximum absolute atomic E-state index is 3.69. The summed E-state index contributed by atoms with van der Waals surface area (Å²) in [7, 11) is 0. The number of hydrogen-bond acceptors (Lipinski definition) is 2. The van der Waals surface area contributed by atoms with Crippen LogP contribution >= 0.6 is 11.8 Å². The van der Waals surface area contributed by atoms with Crippen molar-refractivity contribution in [1.29, 1.82) is 0 Å². The van der Waals surface area contributed by atoms with E-state index in [4.69, 9.17) is 0 Å². The van der Waals surface area contributed by atoms with E-state index in [2.05, 4.69) is 18.5 Å². The highest BCUT2D eigenvalue weighted by molar-refractivity contribution is 7.98. The Hall–Kier alpha value is 0.310. The van der Waals surface area contributed by atoms with E-state index < -0.39 is 0 Å². The van der Waals surface area contributed by atoms with Crippen molar-refractivity contribution >= 4 is 11.8 Å². The normalized spacial score (nSPS) is 21.7. The molecule has 1 rings (SSSR count). The molecule has 1 N–H and O–H groups in total. The van der Waals surface area contributed by atoms with Crippen LogP contribution in [0, 0.1) is 5.92 Å². The van der Waals surface area contributed by atoms with Gasteiger partial charge in [0.25, 0.3) is 0 Å². The summed E-state index contributed by atoms with van der Waals surface area (Å²) < 4.78 is 0. The zero-order valence-electron chi connectivity index (χ0n) is 9.01. The smallest absolute Gasteiger partial charge is 0.00671 e. The van der Waals surface area contributed by atoms with Gasteiger partial charge < -0.3 is 5.32 Å². The van der Waals surface area contributed by atoms with Crippen molar-refractivity contribution in [1.82, 2.24) is 5.32 Å². The second-order valence-electron chi connectivity index (χ2n) is 4.30. The first kappa shape index (κ1) is 11.4. The summed E-state index contributed by atoms with van der Waals surface area (Å²) in [6.07, 6.45) is 9.34. The second kappa shape index (κ2) is 6.72. The van der Waals surface area contributed by atoms with Crippen LogP contribution in [0.5, 0.6) is 0 Å². The van der Waals surface area contributed by atoms with Crippen LogP contribution in [0.2, 0.25) is 0 Å². The van der Waals surface area contributed by atoms with E-state index in [1.165, 1.54) is 44.4 Å². The van der Waals surface area contributed by atoms with E-state index in [1.807, 2.05) is 11.8 Å². The molecule has 1 nitrogen and oxygen atoms in total. The summed E-state index contributed by atoms with van der Waals surface area (Å²) in [5.41, 5.74) is 0. The highest BCUT2D eigenvalue weighted by Gasteiger charge is 2.13. The van der Waals surface area contributed by atoms with Gasteiger partial charge in [0, 0.05) is 6.04 Å². The molecule has 0 amide bonds. The molecule has 0 bridgehead atoms. The molecule has 0 aliphatic heterocycles. The number of nitrogens with one attached hydrogen (secondary N) is 1. The monoisotopic (exact) mass is 201 g/mol. The van der Waals surface area contributed by atoms with Crippen LogP contribution in [-0.4, -0.2) is 24.6 Å². The van der Waals surface area contributed by atoms with Crippen molar-refractivity contribution in [2.45, 2.75) is 45.1 Å². The zero-order valence-corrected chi connectivity index (χ0v) is 9.83. The van der Waals surface area contributed by atoms with Crippen LogP contribution in [0.1, 0.15) is 39.0 Å². The number of hydrogen-bond donors (Lipinski definition) is 1. The van der Waals surface area contributed by atoms with Crippen LogP contribution in [0.25, 0.3) is 0 Å². The van der Waals surface area contributed by atoms with Crippen molar-refractivity contribution < 1.29 is 0 Å². The van der Waals surface area contributed by atoms with Gasteiger partial charge in [-0.25, -0.2) is 0 Å². The van der Waals surface area contributed by atoms with Crippen LogP contribution in [-0.2, 0) is 0 Å². The molecule has 0 spiro atoms. The first-order valence-electron chi connectivity index (χ1n) is 5.55. The molecule has 0 heterocycles. The van der Waals surface area contributed by atoms with E-state index in [-0.39, 0.29) is 0 Å². The van der Waals surface area contributed by atoms with Crippen LogP contribution in [0.15, 0.2) is 0 Å². The maximum atomic E-state index is 3.69. The van der Waals surface area contributed by atoms with Crippen molar-refractivity contribution in [3.8, 4) is 0 Å².